The van der Waals surface area contributed by atoms with Gasteiger partial charge in [0.25, 0.3) is 0 Å². The zero-order valence-corrected chi connectivity index (χ0v) is 13.0. The van der Waals surface area contributed by atoms with Gasteiger partial charge in [0.1, 0.15) is 5.75 Å². The van der Waals surface area contributed by atoms with Crippen LogP contribution in [0.4, 0.5) is 0 Å². The molecule has 0 bridgehead atoms. The molecule has 19 heavy (non-hydrogen) atoms. The van der Waals surface area contributed by atoms with Crippen molar-refractivity contribution in [2.24, 2.45) is 11.7 Å². The first-order valence-corrected chi connectivity index (χ1v) is 7.68. The summed E-state index contributed by atoms with van der Waals surface area (Å²) < 4.78 is 12.3. The summed E-state index contributed by atoms with van der Waals surface area (Å²) in [6.45, 7) is 1.38. The number of hydrogen-bond acceptors (Lipinski definition) is 3. The zero-order valence-electron chi connectivity index (χ0n) is 11.4. The number of methoxy groups -OCH3 is 1. The minimum Gasteiger partial charge on any atom is -0.496 e. The topological polar surface area (TPSA) is 44.5 Å². The van der Waals surface area contributed by atoms with E-state index in [0.29, 0.717) is 18.6 Å². The predicted octanol–water partition coefficient (Wildman–Crippen LogP) is 3.49. The largest absolute Gasteiger partial charge is 0.496 e. The van der Waals surface area contributed by atoms with Gasteiger partial charge in [-0.25, -0.2) is 0 Å². The Hall–Kier alpha value is -0.580. The van der Waals surface area contributed by atoms with Crippen molar-refractivity contribution in [3.63, 3.8) is 0 Å². The van der Waals surface area contributed by atoms with Crippen LogP contribution in [0.3, 0.4) is 0 Å². The van der Waals surface area contributed by atoms with E-state index in [-0.39, 0.29) is 0 Å². The standard InChI is InChI=1S/C15H22BrNO2/c1-18-15-7-6-11(8-13(15)16)10-19-14-5-3-2-4-12(14)9-17/h6-8,12,14H,2-5,9-10,17H2,1H3. The van der Waals surface area contributed by atoms with Crippen LogP contribution in [-0.4, -0.2) is 19.8 Å². The van der Waals surface area contributed by atoms with Gasteiger partial charge in [0.2, 0.25) is 0 Å². The molecular formula is C15H22BrNO2. The maximum atomic E-state index is 6.06. The number of rotatable bonds is 5. The first kappa shape index (κ1) is 14.8. The fourth-order valence-electron chi connectivity index (χ4n) is 2.67. The van der Waals surface area contributed by atoms with E-state index in [9.17, 15) is 0 Å². The molecule has 1 aromatic rings. The second-order valence-corrected chi connectivity index (χ2v) is 5.95. The number of halogens is 1. The maximum Gasteiger partial charge on any atom is 0.133 e. The average molecular weight is 328 g/mol. The van der Waals surface area contributed by atoms with Crippen LogP contribution in [-0.2, 0) is 11.3 Å². The molecule has 1 aromatic carbocycles. The molecular weight excluding hydrogens is 306 g/mol. The lowest BCUT2D eigenvalue weighted by atomic mass is 9.86. The highest BCUT2D eigenvalue weighted by Crippen LogP contribution is 2.29. The summed E-state index contributed by atoms with van der Waals surface area (Å²) in [6, 6.07) is 6.06. The van der Waals surface area contributed by atoms with E-state index >= 15 is 0 Å². The fourth-order valence-corrected chi connectivity index (χ4v) is 3.25. The van der Waals surface area contributed by atoms with Crippen molar-refractivity contribution in [1.29, 1.82) is 0 Å². The van der Waals surface area contributed by atoms with E-state index in [0.717, 1.165) is 28.8 Å². The van der Waals surface area contributed by atoms with Gasteiger partial charge in [-0.15, -0.1) is 0 Å². The van der Waals surface area contributed by atoms with Gasteiger partial charge in [-0.05, 0) is 58.9 Å². The second-order valence-electron chi connectivity index (χ2n) is 5.10. The summed E-state index contributed by atoms with van der Waals surface area (Å²) in [4.78, 5) is 0. The second kappa shape index (κ2) is 7.27. The number of nitrogens with two attached hydrogens (primary N) is 1. The highest BCUT2D eigenvalue weighted by Gasteiger charge is 2.24. The van der Waals surface area contributed by atoms with Crippen LogP contribution in [0.25, 0.3) is 0 Å². The van der Waals surface area contributed by atoms with Crippen LogP contribution in [0.5, 0.6) is 5.75 Å². The van der Waals surface area contributed by atoms with Gasteiger partial charge < -0.3 is 15.2 Å². The third-order valence-electron chi connectivity index (χ3n) is 3.82. The molecule has 106 valence electrons. The van der Waals surface area contributed by atoms with Crippen molar-refractivity contribution in [1.82, 2.24) is 0 Å². The molecule has 1 aliphatic carbocycles. The number of hydrogen-bond donors (Lipinski definition) is 1. The van der Waals surface area contributed by atoms with Crippen LogP contribution in [0.2, 0.25) is 0 Å². The first-order valence-electron chi connectivity index (χ1n) is 6.88. The van der Waals surface area contributed by atoms with Gasteiger partial charge in [-0.1, -0.05) is 18.9 Å². The Labute approximate surface area is 123 Å². The lowest BCUT2D eigenvalue weighted by molar-refractivity contribution is -0.0183. The minimum absolute atomic E-state index is 0.319. The molecule has 4 heteroatoms. The molecule has 1 saturated carbocycles. The van der Waals surface area contributed by atoms with E-state index < -0.39 is 0 Å². The van der Waals surface area contributed by atoms with Gasteiger partial charge in [-0.2, -0.15) is 0 Å². The third-order valence-corrected chi connectivity index (χ3v) is 4.44. The van der Waals surface area contributed by atoms with Crippen LogP contribution >= 0.6 is 15.9 Å². The summed E-state index contributed by atoms with van der Waals surface area (Å²) in [5.74, 6) is 1.37. The molecule has 2 unspecified atom stereocenters. The Morgan fingerprint density at radius 1 is 1.32 bits per heavy atom. The molecule has 0 aromatic heterocycles. The van der Waals surface area contributed by atoms with Gasteiger partial charge in [0, 0.05) is 0 Å². The normalized spacial score (nSPS) is 23.3. The average Bonchev–Trinajstić information content (AvgIpc) is 2.45. The van der Waals surface area contributed by atoms with Crippen molar-refractivity contribution in [2.75, 3.05) is 13.7 Å². The van der Waals surface area contributed by atoms with E-state index in [1.165, 1.54) is 19.3 Å². The Bertz CT molecular complexity index is 411. The van der Waals surface area contributed by atoms with E-state index in [2.05, 4.69) is 22.0 Å². The summed E-state index contributed by atoms with van der Waals surface area (Å²) in [6.07, 6.45) is 5.20. The molecule has 0 radical (unpaired) electrons. The van der Waals surface area contributed by atoms with Crippen molar-refractivity contribution >= 4 is 15.9 Å². The molecule has 0 aliphatic heterocycles. The van der Waals surface area contributed by atoms with Crippen molar-refractivity contribution in [3.8, 4) is 5.75 Å². The van der Waals surface area contributed by atoms with Crippen LogP contribution in [0.15, 0.2) is 22.7 Å². The lowest BCUT2D eigenvalue weighted by Crippen LogP contribution is -2.33. The summed E-state index contributed by atoms with van der Waals surface area (Å²) in [5.41, 5.74) is 6.98. The molecule has 0 amide bonds. The van der Waals surface area contributed by atoms with Gasteiger partial charge in [-0.3, -0.25) is 0 Å². The Kier molecular flexibility index (Phi) is 5.67. The van der Waals surface area contributed by atoms with E-state index in [4.69, 9.17) is 15.2 Å². The molecule has 2 atom stereocenters. The number of ether oxygens (including phenoxy) is 2. The van der Waals surface area contributed by atoms with Crippen LogP contribution in [0.1, 0.15) is 31.2 Å². The SMILES string of the molecule is COc1ccc(COC2CCCCC2CN)cc1Br. The minimum atomic E-state index is 0.319. The highest BCUT2D eigenvalue weighted by molar-refractivity contribution is 9.10. The van der Waals surface area contributed by atoms with Crippen molar-refractivity contribution in [3.05, 3.63) is 28.2 Å². The zero-order chi connectivity index (χ0) is 13.7. The van der Waals surface area contributed by atoms with E-state index in [1.54, 1.807) is 7.11 Å². The van der Waals surface area contributed by atoms with Gasteiger partial charge in [0.15, 0.2) is 0 Å². The predicted molar refractivity (Wildman–Crippen MR) is 80.3 cm³/mol. The molecule has 2 rings (SSSR count). The van der Waals surface area contributed by atoms with Crippen LogP contribution in [0, 0.1) is 5.92 Å². The lowest BCUT2D eigenvalue weighted by Gasteiger charge is -2.30. The molecule has 0 heterocycles. The Balaban J connectivity index is 1.92. The van der Waals surface area contributed by atoms with Gasteiger partial charge >= 0.3 is 0 Å². The Morgan fingerprint density at radius 3 is 2.79 bits per heavy atom. The highest BCUT2D eigenvalue weighted by atomic mass is 79.9. The molecule has 0 saturated heterocycles. The third kappa shape index (κ3) is 3.94. The molecule has 2 N–H and O–H groups in total. The van der Waals surface area contributed by atoms with E-state index in [1.807, 2.05) is 12.1 Å². The molecule has 3 nitrogen and oxygen atoms in total. The quantitative estimate of drug-likeness (QED) is 0.900. The number of benzene rings is 1. The first-order chi connectivity index (χ1) is 9.24. The smallest absolute Gasteiger partial charge is 0.133 e. The van der Waals surface area contributed by atoms with Crippen molar-refractivity contribution in [2.45, 2.75) is 38.4 Å². The summed E-state index contributed by atoms with van der Waals surface area (Å²) >= 11 is 3.50. The summed E-state index contributed by atoms with van der Waals surface area (Å²) in [7, 11) is 1.67. The maximum absolute atomic E-state index is 6.06. The molecule has 0 spiro atoms. The molecule has 1 fully saturated rings. The monoisotopic (exact) mass is 327 g/mol. The Morgan fingerprint density at radius 2 is 2.11 bits per heavy atom. The van der Waals surface area contributed by atoms with Crippen molar-refractivity contribution < 1.29 is 9.47 Å². The summed E-state index contributed by atoms with van der Waals surface area (Å²) in [5, 5.41) is 0. The van der Waals surface area contributed by atoms with Crippen LogP contribution < -0.4 is 10.5 Å². The van der Waals surface area contributed by atoms with Gasteiger partial charge in [0.05, 0.1) is 24.3 Å². The molecule has 1 aliphatic rings. The fraction of sp³-hybridized carbons (Fsp3) is 0.600.